The molecule has 5 nitrogen and oxygen atoms in total. The maximum atomic E-state index is 12.2. The molecule has 0 aliphatic rings. The number of halogens is 2. The van der Waals surface area contributed by atoms with E-state index in [1.165, 1.54) is 0 Å². The fourth-order valence-electron chi connectivity index (χ4n) is 1.66. The molecule has 4 N–H and O–H groups in total. The van der Waals surface area contributed by atoms with Gasteiger partial charge in [0, 0.05) is 19.7 Å². The molecule has 0 saturated heterocycles. The van der Waals surface area contributed by atoms with Gasteiger partial charge in [0.1, 0.15) is 0 Å². The molecule has 108 valence electrons. The van der Waals surface area contributed by atoms with E-state index in [2.05, 4.69) is 33.1 Å². The van der Waals surface area contributed by atoms with Gasteiger partial charge in [-0.2, -0.15) is 0 Å². The van der Waals surface area contributed by atoms with E-state index in [1.807, 2.05) is 0 Å². The molecule has 0 aromatic heterocycles. The van der Waals surface area contributed by atoms with E-state index in [4.69, 9.17) is 22.5 Å². The van der Waals surface area contributed by atoms with Crippen LogP contribution in [0.1, 0.15) is 15.9 Å². The average molecular weight is 416 g/mol. The first-order valence-corrected chi connectivity index (χ1v) is 7.31. The van der Waals surface area contributed by atoms with Crippen LogP contribution in [0.25, 0.3) is 0 Å². The van der Waals surface area contributed by atoms with Gasteiger partial charge in [-0.15, -0.1) is 0 Å². The summed E-state index contributed by atoms with van der Waals surface area (Å²) < 4.78 is 0.834. The number of nitrogens with zero attached hydrogens (tertiary/aromatic N) is 1. The van der Waals surface area contributed by atoms with Gasteiger partial charge >= 0.3 is 0 Å². The molecule has 0 spiro atoms. The lowest BCUT2D eigenvalue weighted by Gasteiger charge is -2.08. The summed E-state index contributed by atoms with van der Waals surface area (Å²) in [5.41, 5.74) is 7.05. The number of nitrogens with one attached hydrogen (secondary N) is 1. The van der Waals surface area contributed by atoms with Gasteiger partial charge in [-0.1, -0.05) is 28.9 Å². The number of rotatable bonds is 3. The lowest BCUT2D eigenvalue weighted by atomic mass is 10.1. The Kier molecular flexibility index (Phi) is 5.03. The number of oxime groups is 1. The number of benzene rings is 2. The maximum absolute atomic E-state index is 12.2. The molecule has 7 heteroatoms. The van der Waals surface area contributed by atoms with Crippen LogP contribution in [-0.2, 0) is 0 Å². The number of carbonyl (C=O) groups is 1. The van der Waals surface area contributed by atoms with Crippen molar-refractivity contribution in [1.29, 1.82) is 0 Å². The molecule has 0 aliphatic heterocycles. The maximum Gasteiger partial charge on any atom is 0.255 e. The molecule has 2 rings (SSSR count). The van der Waals surface area contributed by atoms with Crippen LogP contribution >= 0.6 is 34.2 Å². The first kappa shape index (κ1) is 15.6. The van der Waals surface area contributed by atoms with Crippen LogP contribution in [0.4, 0.5) is 5.69 Å². The molecule has 0 unspecified atom stereocenters. The first-order chi connectivity index (χ1) is 10.0. The zero-order valence-corrected chi connectivity index (χ0v) is 13.6. The Labute approximate surface area is 139 Å². The Balaban J connectivity index is 2.24. The lowest BCUT2D eigenvalue weighted by Crippen LogP contribution is -2.16. The molecule has 21 heavy (non-hydrogen) atoms. The predicted molar refractivity (Wildman–Crippen MR) is 91.1 cm³/mol. The van der Waals surface area contributed by atoms with Crippen molar-refractivity contribution < 1.29 is 10.0 Å². The molecule has 1 amide bonds. The molecule has 2 aromatic carbocycles. The summed E-state index contributed by atoms with van der Waals surface area (Å²) in [4.78, 5) is 12.2. The van der Waals surface area contributed by atoms with Gasteiger partial charge in [0.05, 0.1) is 5.69 Å². The predicted octanol–water partition coefficient (Wildman–Crippen LogP) is 3.29. The van der Waals surface area contributed by atoms with Crippen LogP contribution in [0, 0.1) is 3.57 Å². The number of carbonyl (C=O) groups excluding carboxylic acids is 1. The van der Waals surface area contributed by atoms with E-state index in [0.717, 1.165) is 3.57 Å². The number of hydrogen-bond acceptors (Lipinski definition) is 3. The molecule has 2 aromatic rings. The fourth-order valence-corrected chi connectivity index (χ4v) is 2.67. The normalized spacial score (nSPS) is 11.2. The third-order valence-corrected chi connectivity index (χ3v) is 3.84. The van der Waals surface area contributed by atoms with Crippen LogP contribution < -0.4 is 11.1 Å². The molecule has 0 radical (unpaired) electrons. The van der Waals surface area contributed by atoms with Gasteiger partial charge in [0.25, 0.3) is 5.91 Å². The number of hydrogen-bond donors (Lipinski definition) is 3. The topological polar surface area (TPSA) is 87.7 Å². The number of anilines is 1. The fraction of sp³-hybridized carbons (Fsp3) is 0. The summed E-state index contributed by atoms with van der Waals surface area (Å²) in [5.74, 6) is -0.339. The molecule has 0 aliphatic carbocycles. The summed E-state index contributed by atoms with van der Waals surface area (Å²) in [5, 5.41) is 15.0. The van der Waals surface area contributed by atoms with Gasteiger partial charge in [0.2, 0.25) is 0 Å². The van der Waals surface area contributed by atoms with Crippen molar-refractivity contribution in [3.63, 3.8) is 0 Å². The molecule has 0 fully saturated rings. The smallest absolute Gasteiger partial charge is 0.255 e. The average Bonchev–Trinajstić information content (AvgIpc) is 2.49. The Hall–Kier alpha value is -1.80. The van der Waals surface area contributed by atoms with E-state index < -0.39 is 0 Å². The van der Waals surface area contributed by atoms with E-state index in [0.29, 0.717) is 21.8 Å². The van der Waals surface area contributed by atoms with Crippen molar-refractivity contribution in [2.75, 3.05) is 5.32 Å². The Morgan fingerprint density at radius 3 is 2.62 bits per heavy atom. The summed E-state index contributed by atoms with van der Waals surface area (Å²) in [6.07, 6.45) is 0. The van der Waals surface area contributed by atoms with Gasteiger partial charge in [0.15, 0.2) is 5.84 Å². The number of nitrogens with two attached hydrogens (primary N) is 1. The molecule has 0 heterocycles. The highest BCUT2D eigenvalue weighted by Gasteiger charge is 2.10. The summed E-state index contributed by atoms with van der Waals surface area (Å²) >= 11 is 7.96. The highest BCUT2D eigenvalue weighted by atomic mass is 127. The van der Waals surface area contributed by atoms with Crippen molar-refractivity contribution in [2.24, 2.45) is 10.9 Å². The largest absolute Gasteiger partial charge is 0.409 e. The number of amidine groups is 1. The first-order valence-electron chi connectivity index (χ1n) is 5.85. The molecular formula is C14H11ClIN3O2. The third-order valence-electron chi connectivity index (χ3n) is 2.71. The van der Waals surface area contributed by atoms with E-state index in [9.17, 15) is 4.79 Å². The minimum absolute atomic E-state index is 0.0503. The van der Waals surface area contributed by atoms with Gasteiger partial charge in [-0.3, -0.25) is 4.79 Å². The summed E-state index contributed by atoms with van der Waals surface area (Å²) in [6, 6.07) is 11.7. The monoisotopic (exact) mass is 415 g/mol. The van der Waals surface area contributed by atoms with Crippen molar-refractivity contribution >= 4 is 51.6 Å². The quantitative estimate of drug-likeness (QED) is 0.236. The second-order valence-corrected chi connectivity index (χ2v) is 5.74. The standard InChI is InChI=1S/C14H11ClIN3O2/c15-10-4-5-12(11(16)7-10)18-14(20)9-3-1-2-8(6-9)13(17)19-21/h1-7,21H,(H2,17,19)(H,18,20). The number of amides is 1. The van der Waals surface area contributed by atoms with Gasteiger partial charge in [-0.05, 0) is 52.9 Å². The summed E-state index contributed by atoms with van der Waals surface area (Å²) in [6.45, 7) is 0. The van der Waals surface area contributed by atoms with Crippen molar-refractivity contribution in [2.45, 2.75) is 0 Å². The second kappa shape index (κ2) is 6.77. The minimum atomic E-state index is -0.289. The van der Waals surface area contributed by atoms with Crippen molar-refractivity contribution in [3.8, 4) is 0 Å². The Morgan fingerprint density at radius 1 is 1.24 bits per heavy atom. The third kappa shape index (κ3) is 3.85. The van der Waals surface area contributed by atoms with Crippen molar-refractivity contribution in [1.82, 2.24) is 0 Å². The molecule has 0 atom stereocenters. The van der Waals surface area contributed by atoms with Crippen LogP contribution in [-0.4, -0.2) is 17.0 Å². The SMILES string of the molecule is N/C(=N/O)c1cccc(C(=O)Nc2ccc(Cl)cc2I)c1. The van der Waals surface area contributed by atoms with E-state index in [-0.39, 0.29) is 11.7 Å². The highest BCUT2D eigenvalue weighted by molar-refractivity contribution is 14.1. The van der Waals surface area contributed by atoms with Crippen LogP contribution in [0.2, 0.25) is 5.02 Å². The van der Waals surface area contributed by atoms with Crippen LogP contribution in [0.3, 0.4) is 0 Å². The second-order valence-electron chi connectivity index (χ2n) is 4.14. The van der Waals surface area contributed by atoms with E-state index >= 15 is 0 Å². The summed E-state index contributed by atoms with van der Waals surface area (Å²) in [7, 11) is 0. The van der Waals surface area contributed by atoms with Crippen LogP contribution in [0.15, 0.2) is 47.6 Å². The zero-order chi connectivity index (χ0) is 15.4. The van der Waals surface area contributed by atoms with Gasteiger partial charge in [-0.25, -0.2) is 0 Å². The minimum Gasteiger partial charge on any atom is -0.409 e. The molecular weight excluding hydrogens is 405 g/mol. The van der Waals surface area contributed by atoms with Gasteiger partial charge < -0.3 is 16.3 Å². The van der Waals surface area contributed by atoms with Crippen LogP contribution in [0.5, 0.6) is 0 Å². The molecule has 0 bridgehead atoms. The van der Waals surface area contributed by atoms with Crippen molar-refractivity contribution in [3.05, 3.63) is 62.2 Å². The highest BCUT2D eigenvalue weighted by Crippen LogP contribution is 2.23. The Morgan fingerprint density at radius 2 is 1.95 bits per heavy atom. The Bertz CT molecular complexity index is 719. The van der Waals surface area contributed by atoms with E-state index in [1.54, 1.807) is 42.5 Å². The lowest BCUT2D eigenvalue weighted by molar-refractivity contribution is 0.102. The molecule has 0 saturated carbocycles. The zero-order valence-electron chi connectivity index (χ0n) is 10.7.